The summed E-state index contributed by atoms with van der Waals surface area (Å²) < 4.78 is 11.0. The summed E-state index contributed by atoms with van der Waals surface area (Å²) >= 11 is 0. The number of fused-ring (bicyclic) bond motifs is 3. The van der Waals surface area contributed by atoms with Crippen molar-refractivity contribution in [1.82, 2.24) is 0 Å². The van der Waals surface area contributed by atoms with Crippen molar-refractivity contribution >= 4 is 11.5 Å². The van der Waals surface area contributed by atoms with Crippen LogP contribution in [0.3, 0.4) is 0 Å². The van der Waals surface area contributed by atoms with Crippen LogP contribution < -0.4 is 0 Å². The Morgan fingerprint density at radius 3 is 2.71 bits per heavy atom. The van der Waals surface area contributed by atoms with Gasteiger partial charge in [0.05, 0.1) is 25.0 Å². The van der Waals surface area contributed by atoms with Gasteiger partial charge in [0.1, 0.15) is 0 Å². The monoisotopic (exact) mass is 194 g/mol. The van der Waals surface area contributed by atoms with Crippen molar-refractivity contribution in [2.24, 2.45) is 11.8 Å². The molecule has 2 atom stereocenters. The fraction of sp³-hybridized carbons (Fsp3) is 0.778. The summed E-state index contributed by atoms with van der Waals surface area (Å²) in [5.74, 6) is -1.02. The summed E-state index contributed by atoms with van der Waals surface area (Å²) in [4.78, 5) is 14.8. The molecule has 3 aliphatic rings. The summed E-state index contributed by atoms with van der Waals surface area (Å²) in [6, 6.07) is 0. The molecule has 0 radical (unpaired) electrons. The van der Waals surface area contributed by atoms with E-state index in [0.29, 0.717) is 31.8 Å². The summed E-state index contributed by atoms with van der Waals surface area (Å²) in [5, 5.41) is 0. The zero-order valence-electron chi connectivity index (χ0n) is 7.60. The van der Waals surface area contributed by atoms with Gasteiger partial charge in [-0.15, -0.1) is 0 Å². The molecule has 1 aliphatic heterocycles. The quantitative estimate of drug-likeness (QED) is 0.402. The molecule has 0 aromatic carbocycles. The van der Waals surface area contributed by atoms with E-state index >= 15 is 0 Å². The fourth-order valence-electron chi connectivity index (χ4n) is 2.85. The van der Waals surface area contributed by atoms with Crippen molar-refractivity contribution in [3.63, 3.8) is 0 Å². The third kappa shape index (κ3) is 0.798. The van der Waals surface area contributed by atoms with E-state index in [1.165, 1.54) is 0 Å². The van der Waals surface area contributed by atoms with Crippen molar-refractivity contribution in [2.45, 2.75) is 18.6 Å². The molecule has 5 heteroatoms. The summed E-state index contributed by atoms with van der Waals surface area (Å²) in [7, 11) is 0. The van der Waals surface area contributed by atoms with Gasteiger partial charge in [0.25, 0.3) is 0 Å². The molecule has 74 valence electrons. The van der Waals surface area contributed by atoms with Crippen LogP contribution in [0.15, 0.2) is 0 Å². The Labute approximate surface area is 80.6 Å². The van der Waals surface area contributed by atoms with Crippen LogP contribution in [-0.4, -0.2) is 35.3 Å². The number of carbonyl (C=O) groups is 1. The minimum atomic E-state index is -0.685. The second-order valence-electron chi connectivity index (χ2n) is 4.05. The number of ether oxygens (including phenoxy) is 2. The van der Waals surface area contributed by atoms with Crippen molar-refractivity contribution in [3.8, 4) is 0 Å². The van der Waals surface area contributed by atoms with Gasteiger partial charge in [0, 0.05) is 6.42 Å². The van der Waals surface area contributed by atoms with Gasteiger partial charge in [0.15, 0.2) is 5.79 Å². The number of carbonyl (C=O) groups excluding carboxylic acids is 1. The number of nitrogens with zero attached hydrogens (tertiary/aromatic N) is 2. The molecular weight excluding hydrogens is 184 g/mol. The Bertz CT molecular complexity index is 353. The Balaban J connectivity index is 1.99. The van der Waals surface area contributed by atoms with Gasteiger partial charge in [-0.25, -0.2) is 0 Å². The van der Waals surface area contributed by atoms with Crippen molar-refractivity contribution < 1.29 is 19.1 Å². The van der Waals surface area contributed by atoms with Crippen LogP contribution in [0.2, 0.25) is 0 Å². The van der Waals surface area contributed by atoms with E-state index in [1.54, 1.807) is 0 Å². The molecule has 0 unspecified atom stereocenters. The minimum absolute atomic E-state index is 0.0237. The average molecular weight is 194 g/mol. The largest absolute Gasteiger partial charge is 0.361 e. The van der Waals surface area contributed by atoms with Crippen LogP contribution in [0.5, 0.6) is 0 Å². The lowest BCUT2D eigenvalue weighted by molar-refractivity contribution is -0.188. The molecule has 1 heterocycles. The molecule has 0 N–H and O–H groups in total. The molecule has 0 amide bonds. The maximum Gasteiger partial charge on any atom is 0.338 e. The van der Waals surface area contributed by atoms with Crippen LogP contribution in [0.1, 0.15) is 12.8 Å². The first-order chi connectivity index (χ1) is 6.77. The molecule has 3 rings (SSSR count). The maximum absolute atomic E-state index is 11.7. The molecular formula is C9H10N2O3. The van der Waals surface area contributed by atoms with E-state index in [9.17, 15) is 4.79 Å². The topological polar surface area (TPSA) is 71.9 Å². The molecule has 1 spiro atoms. The molecule has 1 saturated heterocycles. The summed E-state index contributed by atoms with van der Waals surface area (Å²) in [5.41, 5.74) is 8.98. The molecule has 2 aliphatic carbocycles. The summed E-state index contributed by atoms with van der Waals surface area (Å²) in [6.07, 6.45) is 1.36. The maximum atomic E-state index is 11.7. The predicted octanol–water partition coefficient (Wildman–Crippen LogP) is 0.00920. The number of ketones is 1. The number of Topliss-reactive ketones (excluding diaryl/α,β-unsaturated/α-hetero) is 1. The molecule has 5 nitrogen and oxygen atoms in total. The SMILES string of the molecule is [N-]=[N+]=C1C(=O)[C@@H]2C[C@@H]1CC21OCCO1. The molecule has 0 aromatic rings. The lowest BCUT2D eigenvalue weighted by Gasteiger charge is -2.28. The molecule has 2 bridgehead atoms. The van der Waals surface area contributed by atoms with Gasteiger partial charge in [0.2, 0.25) is 5.78 Å². The fourth-order valence-corrected chi connectivity index (χ4v) is 2.85. The van der Waals surface area contributed by atoms with E-state index < -0.39 is 5.79 Å². The molecule has 3 fully saturated rings. The Kier molecular flexibility index (Phi) is 1.49. The van der Waals surface area contributed by atoms with Crippen LogP contribution in [0.25, 0.3) is 5.53 Å². The third-order valence-corrected chi connectivity index (χ3v) is 3.42. The van der Waals surface area contributed by atoms with E-state index in [0.717, 1.165) is 0 Å². The standard InChI is InChI=1S/C9H10N2O3/c10-11-7-5-3-6(8(7)12)9(4-5)13-1-2-14-9/h5-6H,1-4H2/t5-,6+/m1/s1. The predicted molar refractivity (Wildman–Crippen MR) is 44.5 cm³/mol. The highest BCUT2D eigenvalue weighted by atomic mass is 16.7. The molecule has 14 heavy (non-hydrogen) atoms. The van der Waals surface area contributed by atoms with Crippen LogP contribution in [0.4, 0.5) is 0 Å². The smallest absolute Gasteiger partial charge is 0.338 e. The second-order valence-corrected chi connectivity index (χ2v) is 4.05. The van der Waals surface area contributed by atoms with Gasteiger partial charge in [-0.3, -0.25) is 4.79 Å². The average Bonchev–Trinajstić information content (AvgIpc) is 2.82. The van der Waals surface area contributed by atoms with Crippen LogP contribution in [0, 0.1) is 11.8 Å². The third-order valence-electron chi connectivity index (χ3n) is 3.42. The van der Waals surface area contributed by atoms with Gasteiger partial charge < -0.3 is 15.0 Å². The van der Waals surface area contributed by atoms with E-state index in [2.05, 4.69) is 4.79 Å². The van der Waals surface area contributed by atoms with Gasteiger partial charge in [-0.1, -0.05) is 0 Å². The Hall–Kier alpha value is -1.03. The molecule has 2 saturated carbocycles. The van der Waals surface area contributed by atoms with Gasteiger partial charge in [-0.05, 0) is 6.42 Å². The first kappa shape index (κ1) is 8.29. The number of rotatable bonds is 0. The zero-order valence-corrected chi connectivity index (χ0v) is 7.60. The first-order valence-electron chi connectivity index (χ1n) is 4.81. The molecule has 0 aromatic heterocycles. The zero-order chi connectivity index (χ0) is 9.76. The Morgan fingerprint density at radius 2 is 2.14 bits per heavy atom. The van der Waals surface area contributed by atoms with Crippen LogP contribution in [-0.2, 0) is 14.3 Å². The lowest BCUT2D eigenvalue weighted by atomic mass is 9.91. The van der Waals surface area contributed by atoms with Crippen molar-refractivity contribution in [2.75, 3.05) is 13.2 Å². The number of hydrogen-bond donors (Lipinski definition) is 0. The highest BCUT2D eigenvalue weighted by Crippen LogP contribution is 2.51. The second kappa shape index (κ2) is 2.51. The van der Waals surface area contributed by atoms with Crippen molar-refractivity contribution in [3.05, 3.63) is 5.53 Å². The van der Waals surface area contributed by atoms with Gasteiger partial charge in [-0.2, -0.15) is 4.79 Å². The normalized spacial score (nSPS) is 38.3. The Morgan fingerprint density at radius 1 is 1.43 bits per heavy atom. The highest BCUT2D eigenvalue weighted by molar-refractivity contribution is 6.41. The van der Waals surface area contributed by atoms with Crippen molar-refractivity contribution in [1.29, 1.82) is 0 Å². The van der Waals surface area contributed by atoms with Gasteiger partial charge >= 0.3 is 5.71 Å². The summed E-state index contributed by atoms with van der Waals surface area (Å²) in [6.45, 7) is 1.12. The minimum Gasteiger partial charge on any atom is -0.361 e. The lowest BCUT2D eigenvalue weighted by Crippen LogP contribution is -2.44. The van der Waals surface area contributed by atoms with E-state index in [1.807, 2.05) is 0 Å². The highest BCUT2D eigenvalue weighted by Gasteiger charge is 2.65. The van der Waals surface area contributed by atoms with Crippen LogP contribution >= 0.6 is 0 Å². The van der Waals surface area contributed by atoms with E-state index in [-0.39, 0.29) is 17.6 Å². The number of hydrogen-bond acceptors (Lipinski definition) is 3. The van der Waals surface area contributed by atoms with E-state index in [4.69, 9.17) is 15.0 Å². The first-order valence-corrected chi connectivity index (χ1v) is 4.81.